The Hall–Kier alpha value is -2.65. The quantitative estimate of drug-likeness (QED) is 0.729. The number of carbonyl (C=O) groups is 1. The minimum atomic E-state index is -4.94. The number of aromatic nitrogens is 2. The van der Waals surface area contributed by atoms with E-state index in [9.17, 15) is 18.0 Å². The fourth-order valence-corrected chi connectivity index (χ4v) is 3.31. The summed E-state index contributed by atoms with van der Waals surface area (Å²) >= 11 is 0. The van der Waals surface area contributed by atoms with Gasteiger partial charge in [-0.3, -0.25) is 4.79 Å². The van der Waals surface area contributed by atoms with Gasteiger partial charge in [-0.05, 0) is 37.8 Å². The van der Waals surface area contributed by atoms with Gasteiger partial charge in [0.15, 0.2) is 5.82 Å². The highest BCUT2D eigenvalue weighted by Crippen LogP contribution is 2.41. The predicted molar refractivity (Wildman–Crippen MR) is 87.3 cm³/mol. The highest BCUT2D eigenvalue weighted by atomic mass is 19.4. The molecule has 1 aliphatic carbocycles. The van der Waals surface area contributed by atoms with Crippen molar-refractivity contribution >= 4 is 5.91 Å². The van der Waals surface area contributed by atoms with Crippen LogP contribution in [0.5, 0.6) is 5.75 Å². The third kappa shape index (κ3) is 3.81. The number of hydrogen-bond donors (Lipinski definition) is 0. The molecule has 2 aromatic rings. The zero-order valence-corrected chi connectivity index (χ0v) is 14.7. The van der Waals surface area contributed by atoms with Gasteiger partial charge in [0.2, 0.25) is 5.67 Å². The number of nitrogens with zero attached hydrogens (tertiary/aromatic N) is 3. The van der Waals surface area contributed by atoms with Crippen molar-refractivity contribution in [3.8, 4) is 5.75 Å². The van der Waals surface area contributed by atoms with Gasteiger partial charge in [-0.2, -0.15) is 4.98 Å². The molecule has 1 unspecified atom stereocenters. The molecule has 150 valence electrons. The van der Waals surface area contributed by atoms with E-state index in [1.165, 1.54) is 18.2 Å². The average molecular weight is 399 g/mol. The lowest BCUT2D eigenvalue weighted by Gasteiger charge is -2.35. The maximum absolute atomic E-state index is 15.5. The normalized spacial score (nSPS) is 22.9. The van der Waals surface area contributed by atoms with Gasteiger partial charge in [-0.15, -0.1) is 13.2 Å². The lowest BCUT2D eigenvalue weighted by molar-refractivity contribution is -0.274. The minimum Gasteiger partial charge on any atom is -0.405 e. The van der Waals surface area contributed by atoms with E-state index in [0.717, 1.165) is 23.8 Å². The first-order chi connectivity index (χ1) is 13.3. The molecule has 2 heterocycles. The average Bonchev–Trinajstić information content (AvgIpc) is 3.36. The summed E-state index contributed by atoms with van der Waals surface area (Å²) in [5, 5.41) is 3.81. The zero-order chi connectivity index (χ0) is 19.9. The summed E-state index contributed by atoms with van der Waals surface area (Å²) in [6.45, 7) is -0.174. The van der Waals surface area contributed by atoms with Gasteiger partial charge in [-0.25, -0.2) is 4.39 Å². The second-order valence-corrected chi connectivity index (χ2v) is 7.07. The Morgan fingerprint density at radius 2 is 2.04 bits per heavy atom. The van der Waals surface area contributed by atoms with Crippen molar-refractivity contribution in [3.05, 3.63) is 41.5 Å². The third-order valence-electron chi connectivity index (χ3n) is 4.84. The van der Waals surface area contributed by atoms with E-state index in [2.05, 4.69) is 14.9 Å². The van der Waals surface area contributed by atoms with Crippen LogP contribution < -0.4 is 4.74 Å². The Morgan fingerprint density at radius 1 is 1.29 bits per heavy atom. The standard InChI is InChI=1S/C18H17F4N3O3/c19-17(16-23-14(24-28-16)11-6-7-11)8-3-9-25(10-17)15(26)12-4-1-2-5-13(12)27-18(20,21)22/h1-2,4-5,11H,3,6-10H2. The molecule has 0 radical (unpaired) electrons. The van der Waals surface area contributed by atoms with E-state index < -0.39 is 23.7 Å². The molecule has 4 rings (SSSR count). The lowest BCUT2D eigenvalue weighted by Crippen LogP contribution is -2.46. The van der Waals surface area contributed by atoms with Gasteiger partial charge in [0, 0.05) is 12.5 Å². The van der Waals surface area contributed by atoms with Gasteiger partial charge < -0.3 is 14.2 Å². The molecule has 6 nitrogen and oxygen atoms in total. The Morgan fingerprint density at radius 3 is 2.75 bits per heavy atom. The van der Waals surface area contributed by atoms with Gasteiger partial charge in [0.25, 0.3) is 11.8 Å². The fraction of sp³-hybridized carbons (Fsp3) is 0.500. The second kappa shape index (κ2) is 6.75. The van der Waals surface area contributed by atoms with Crippen LogP contribution in [0, 0.1) is 0 Å². The Kier molecular flexibility index (Phi) is 4.51. The SMILES string of the molecule is O=C(c1ccccc1OC(F)(F)F)N1CCCC(F)(c2nc(C3CC3)no2)C1. The number of likely N-dealkylation sites (tertiary alicyclic amines) is 1. The van der Waals surface area contributed by atoms with Gasteiger partial charge >= 0.3 is 6.36 Å². The number of benzene rings is 1. The monoisotopic (exact) mass is 399 g/mol. The van der Waals surface area contributed by atoms with E-state index >= 15 is 4.39 Å². The molecule has 0 spiro atoms. The summed E-state index contributed by atoms with van der Waals surface area (Å²) < 4.78 is 62.3. The third-order valence-corrected chi connectivity index (χ3v) is 4.84. The van der Waals surface area contributed by atoms with Crippen molar-refractivity contribution in [3.63, 3.8) is 0 Å². The summed E-state index contributed by atoms with van der Waals surface area (Å²) in [5.41, 5.74) is -2.32. The van der Waals surface area contributed by atoms with Crippen molar-refractivity contribution < 1.29 is 31.6 Å². The number of carbonyl (C=O) groups excluding carboxylic acids is 1. The number of halogens is 4. The van der Waals surface area contributed by atoms with Crippen molar-refractivity contribution in [2.75, 3.05) is 13.1 Å². The summed E-state index contributed by atoms with van der Waals surface area (Å²) in [5.74, 6) is -0.910. The van der Waals surface area contributed by atoms with Crippen LogP contribution in [-0.4, -0.2) is 40.4 Å². The number of para-hydroxylation sites is 1. The van der Waals surface area contributed by atoms with Crippen molar-refractivity contribution in [1.29, 1.82) is 0 Å². The molecule has 1 atom stereocenters. The summed E-state index contributed by atoms with van der Waals surface area (Å²) in [6, 6.07) is 5.01. The van der Waals surface area contributed by atoms with Crippen molar-refractivity contribution in [2.24, 2.45) is 0 Å². The molecule has 0 N–H and O–H groups in total. The van der Waals surface area contributed by atoms with E-state index in [1.54, 1.807) is 0 Å². The molecule has 10 heteroatoms. The molecule has 1 saturated heterocycles. The van der Waals surface area contributed by atoms with E-state index in [0.29, 0.717) is 12.2 Å². The number of rotatable bonds is 4. The van der Waals surface area contributed by atoms with Crippen molar-refractivity contribution in [1.82, 2.24) is 15.0 Å². The Labute approximate surface area is 157 Å². The summed E-state index contributed by atoms with van der Waals surface area (Å²) in [6.07, 6.45) is -2.68. The molecule has 1 aromatic carbocycles. The first kappa shape index (κ1) is 18.7. The van der Waals surface area contributed by atoms with Gasteiger partial charge in [0.05, 0.1) is 12.1 Å². The number of hydrogen-bond acceptors (Lipinski definition) is 5. The molecular formula is C18H17F4N3O3. The smallest absolute Gasteiger partial charge is 0.405 e. The summed E-state index contributed by atoms with van der Waals surface area (Å²) in [7, 11) is 0. The molecule has 28 heavy (non-hydrogen) atoms. The number of piperidine rings is 1. The molecular weight excluding hydrogens is 382 g/mol. The number of amides is 1. The maximum Gasteiger partial charge on any atom is 0.573 e. The molecule has 0 bridgehead atoms. The maximum atomic E-state index is 15.5. The van der Waals surface area contributed by atoms with Crippen LogP contribution >= 0.6 is 0 Å². The number of alkyl halides is 4. The van der Waals surface area contributed by atoms with Crippen LogP contribution in [-0.2, 0) is 5.67 Å². The summed E-state index contributed by atoms with van der Waals surface area (Å²) in [4.78, 5) is 18.1. The van der Waals surface area contributed by atoms with E-state index in [4.69, 9.17) is 4.52 Å². The van der Waals surface area contributed by atoms with Crippen LogP contribution in [0.2, 0.25) is 0 Å². The lowest BCUT2D eigenvalue weighted by atomic mass is 9.94. The van der Waals surface area contributed by atoms with Crippen molar-refractivity contribution in [2.45, 2.75) is 43.6 Å². The molecule has 2 fully saturated rings. The largest absolute Gasteiger partial charge is 0.573 e. The molecule has 1 aliphatic heterocycles. The topological polar surface area (TPSA) is 68.5 Å². The van der Waals surface area contributed by atoms with Crippen LogP contribution in [0.25, 0.3) is 0 Å². The highest BCUT2D eigenvalue weighted by Gasteiger charge is 2.45. The van der Waals surface area contributed by atoms with Gasteiger partial charge in [-0.1, -0.05) is 17.3 Å². The van der Waals surface area contributed by atoms with E-state index in [1.807, 2.05) is 0 Å². The van der Waals surface area contributed by atoms with Crippen LogP contribution in [0.15, 0.2) is 28.8 Å². The minimum absolute atomic E-state index is 0.0871. The molecule has 1 saturated carbocycles. The molecule has 2 aliphatic rings. The highest BCUT2D eigenvalue weighted by molar-refractivity contribution is 5.97. The number of ether oxygens (including phenoxy) is 1. The Bertz CT molecular complexity index is 881. The van der Waals surface area contributed by atoms with Crippen LogP contribution in [0.4, 0.5) is 17.6 Å². The first-order valence-corrected chi connectivity index (χ1v) is 8.92. The van der Waals surface area contributed by atoms with Crippen LogP contribution in [0.3, 0.4) is 0 Å². The molecule has 1 amide bonds. The zero-order valence-electron chi connectivity index (χ0n) is 14.7. The first-order valence-electron chi connectivity index (χ1n) is 8.92. The van der Waals surface area contributed by atoms with E-state index in [-0.39, 0.29) is 36.9 Å². The fourth-order valence-electron chi connectivity index (χ4n) is 3.31. The second-order valence-electron chi connectivity index (χ2n) is 7.07. The molecule has 1 aromatic heterocycles. The van der Waals surface area contributed by atoms with Gasteiger partial charge in [0.1, 0.15) is 5.75 Å². The van der Waals surface area contributed by atoms with Crippen LogP contribution in [0.1, 0.15) is 53.7 Å². The predicted octanol–water partition coefficient (Wildman–Crippen LogP) is 3.95. The Balaban J connectivity index is 1.55.